The predicted molar refractivity (Wildman–Crippen MR) is 86.7 cm³/mol. The number of nitriles is 1. The van der Waals surface area contributed by atoms with Gasteiger partial charge in [-0.3, -0.25) is 4.98 Å². The van der Waals surface area contributed by atoms with E-state index in [0.717, 1.165) is 35.1 Å². The van der Waals surface area contributed by atoms with Gasteiger partial charge in [0, 0.05) is 35.0 Å². The molecule has 1 fully saturated rings. The lowest BCUT2D eigenvalue weighted by Crippen LogP contribution is -2.32. The number of hydrogen-bond donors (Lipinski definition) is 0. The molecule has 1 aromatic rings. The average Bonchev–Trinajstić information content (AvgIpc) is 2.50. The van der Waals surface area contributed by atoms with E-state index in [2.05, 4.69) is 21.1 Å². The molecule has 0 amide bonds. The molecule has 0 aromatic carbocycles. The Hall–Kier alpha value is -1.88. The summed E-state index contributed by atoms with van der Waals surface area (Å²) in [6.07, 6.45) is 6.62. The Balaban J connectivity index is 2.75. The van der Waals surface area contributed by atoms with Gasteiger partial charge in [0.2, 0.25) is 0 Å². The summed E-state index contributed by atoms with van der Waals surface area (Å²) in [5, 5.41) is 14.7. The number of aromatic nitrogens is 1. The topological polar surface area (TPSA) is 36.7 Å². The number of hydrogen-bond acceptors (Lipinski definition) is 4. The zero-order valence-corrected chi connectivity index (χ0v) is 12.6. The van der Waals surface area contributed by atoms with E-state index in [1.54, 1.807) is 18.5 Å². The van der Waals surface area contributed by atoms with E-state index in [9.17, 15) is 0 Å². The summed E-state index contributed by atoms with van der Waals surface area (Å²) in [5.74, 6) is 0. The summed E-state index contributed by atoms with van der Waals surface area (Å²) in [4.78, 5) is 4.18. The molecule has 20 heavy (non-hydrogen) atoms. The second-order valence-corrected chi connectivity index (χ2v) is 5.13. The van der Waals surface area contributed by atoms with Crippen molar-refractivity contribution in [3.63, 3.8) is 0 Å². The fraction of sp³-hybridized carbons (Fsp3) is 0.250. The highest BCUT2D eigenvalue weighted by molar-refractivity contribution is 7.78. The quantitative estimate of drug-likeness (QED) is 0.586. The SMILES string of the molecule is CC1(c2cccnc2)C(=C=S)C(=C=S)CCC1=CC#N. The van der Waals surface area contributed by atoms with Crippen LogP contribution in [0.15, 0.2) is 47.3 Å². The van der Waals surface area contributed by atoms with Gasteiger partial charge in [-0.05, 0) is 71.4 Å². The van der Waals surface area contributed by atoms with Crippen LogP contribution in [0.25, 0.3) is 0 Å². The van der Waals surface area contributed by atoms with Crippen molar-refractivity contribution in [2.45, 2.75) is 25.2 Å². The Morgan fingerprint density at radius 2 is 2.15 bits per heavy atom. The molecule has 1 aromatic heterocycles. The molecule has 2 rings (SSSR count). The lowest BCUT2D eigenvalue weighted by molar-refractivity contribution is 0.594. The van der Waals surface area contributed by atoms with Crippen LogP contribution in [0.3, 0.4) is 0 Å². The van der Waals surface area contributed by atoms with Crippen molar-refractivity contribution >= 4 is 34.5 Å². The Kier molecular flexibility index (Phi) is 4.39. The zero-order chi connectivity index (χ0) is 14.6. The minimum Gasteiger partial charge on any atom is -0.264 e. The Morgan fingerprint density at radius 3 is 2.70 bits per heavy atom. The summed E-state index contributed by atoms with van der Waals surface area (Å²) in [6.45, 7) is 2.04. The van der Waals surface area contributed by atoms with Crippen molar-refractivity contribution in [1.82, 2.24) is 4.98 Å². The predicted octanol–water partition coefficient (Wildman–Crippen LogP) is 3.63. The maximum Gasteiger partial charge on any atom is 0.0912 e. The van der Waals surface area contributed by atoms with E-state index in [1.165, 1.54) is 0 Å². The first kappa shape index (κ1) is 14.5. The van der Waals surface area contributed by atoms with Gasteiger partial charge in [-0.1, -0.05) is 6.07 Å². The third-order valence-corrected chi connectivity index (χ3v) is 4.24. The summed E-state index contributed by atoms with van der Waals surface area (Å²) in [7, 11) is 0. The van der Waals surface area contributed by atoms with Crippen LogP contribution in [0.2, 0.25) is 0 Å². The first-order valence-corrected chi connectivity index (χ1v) is 6.99. The minimum atomic E-state index is -0.509. The Labute approximate surface area is 129 Å². The minimum absolute atomic E-state index is 0.509. The van der Waals surface area contributed by atoms with Crippen molar-refractivity contribution in [2.24, 2.45) is 0 Å². The first-order chi connectivity index (χ1) is 9.68. The molecule has 2 nitrogen and oxygen atoms in total. The lowest BCUT2D eigenvalue weighted by atomic mass is 9.63. The van der Waals surface area contributed by atoms with E-state index < -0.39 is 5.41 Å². The van der Waals surface area contributed by atoms with Crippen molar-refractivity contribution in [3.8, 4) is 6.07 Å². The lowest BCUT2D eigenvalue weighted by Gasteiger charge is -2.38. The van der Waals surface area contributed by atoms with Gasteiger partial charge in [-0.15, -0.1) is 0 Å². The fourth-order valence-electron chi connectivity index (χ4n) is 2.65. The van der Waals surface area contributed by atoms with E-state index >= 15 is 0 Å². The molecular weight excluding hydrogens is 284 g/mol. The van der Waals surface area contributed by atoms with Gasteiger partial charge in [-0.2, -0.15) is 5.26 Å². The second-order valence-electron chi connectivity index (χ2n) is 4.72. The molecule has 0 bridgehead atoms. The number of allylic oxidation sites excluding steroid dienone is 4. The van der Waals surface area contributed by atoms with E-state index in [-0.39, 0.29) is 0 Å². The van der Waals surface area contributed by atoms with Gasteiger partial charge in [0.1, 0.15) is 0 Å². The highest BCUT2D eigenvalue weighted by Crippen LogP contribution is 2.47. The fourth-order valence-corrected chi connectivity index (χ4v) is 3.18. The van der Waals surface area contributed by atoms with Crippen LogP contribution in [0.4, 0.5) is 0 Å². The van der Waals surface area contributed by atoms with Crippen LogP contribution < -0.4 is 0 Å². The van der Waals surface area contributed by atoms with Crippen molar-refractivity contribution in [3.05, 3.63) is 52.9 Å². The average molecular weight is 296 g/mol. The molecule has 1 heterocycles. The van der Waals surface area contributed by atoms with Gasteiger partial charge < -0.3 is 0 Å². The number of nitrogens with zero attached hydrogens (tertiary/aromatic N) is 2. The van der Waals surface area contributed by atoms with Crippen LogP contribution in [0, 0.1) is 11.3 Å². The largest absolute Gasteiger partial charge is 0.264 e. The molecule has 0 aliphatic heterocycles. The molecule has 0 N–H and O–H groups in total. The highest BCUT2D eigenvalue weighted by Gasteiger charge is 2.40. The van der Waals surface area contributed by atoms with Crippen molar-refractivity contribution in [2.75, 3.05) is 0 Å². The maximum atomic E-state index is 9.04. The number of pyridine rings is 1. The summed E-state index contributed by atoms with van der Waals surface area (Å²) in [6, 6.07) is 5.99. The third-order valence-electron chi connectivity index (χ3n) is 3.79. The van der Waals surface area contributed by atoms with Crippen molar-refractivity contribution in [1.29, 1.82) is 5.26 Å². The van der Waals surface area contributed by atoms with Gasteiger partial charge in [0.15, 0.2) is 0 Å². The third kappa shape index (κ3) is 2.29. The van der Waals surface area contributed by atoms with E-state index in [1.807, 2.05) is 19.1 Å². The van der Waals surface area contributed by atoms with E-state index in [0.29, 0.717) is 0 Å². The second kappa shape index (κ2) is 6.05. The Morgan fingerprint density at radius 1 is 1.35 bits per heavy atom. The molecule has 1 aliphatic carbocycles. The molecule has 0 radical (unpaired) electrons. The molecule has 0 saturated heterocycles. The summed E-state index contributed by atoms with van der Waals surface area (Å²) in [5.41, 5.74) is 3.20. The molecule has 98 valence electrons. The van der Waals surface area contributed by atoms with Crippen LogP contribution in [-0.2, 0) is 5.41 Å². The monoisotopic (exact) mass is 296 g/mol. The molecule has 1 atom stereocenters. The molecule has 0 spiro atoms. The normalized spacial score (nSPS) is 23.9. The first-order valence-electron chi connectivity index (χ1n) is 6.18. The van der Waals surface area contributed by atoms with Crippen LogP contribution in [0.1, 0.15) is 25.3 Å². The van der Waals surface area contributed by atoms with Gasteiger partial charge >= 0.3 is 0 Å². The van der Waals surface area contributed by atoms with Crippen LogP contribution >= 0.6 is 24.4 Å². The molecule has 1 saturated carbocycles. The smallest absolute Gasteiger partial charge is 0.0912 e. The maximum absolute atomic E-state index is 9.04. The number of rotatable bonds is 1. The van der Waals surface area contributed by atoms with Crippen molar-refractivity contribution < 1.29 is 0 Å². The molecular formula is C16H12N2S2. The zero-order valence-electron chi connectivity index (χ0n) is 11.0. The van der Waals surface area contributed by atoms with Gasteiger partial charge in [-0.25, -0.2) is 0 Å². The molecule has 1 aliphatic rings. The summed E-state index contributed by atoms with van der Waals surface area (Å²) < 4.78 is 0. The number of thiocarbonyl (C=S) groups is 2. The Bertz CT molecular complexity index is 700. The molecule has 1 unspecified atom stereocenters. The van der Waals surface area contributed by atoms with Gasteiger partial charge in [0.05, 0.1) is 6.07 Å². The molecule has 4 heteroatoms. The standard InChI is InChI=1S/C16H12N2S2/c1-16(14-3-2-8-18-9-14)13(6-7-17)5-4-12(10-19)15(16)11-20/h2-3,6,8-9H,4-5H2,1H3. The highest BCUT2D eigenvalue weighted by atomic mass is 32.1. The van der Waals surface area contributed by atoms with Gasteiger partial charge in [0.25, 0.3) is 0 Å². The van der Waals surface area contributed by atoms with Crippen LogP contribution in [0.5, 0.6) is 0 Å². The van der Waals surface area contributed by atoms with E-state index in [4.69, 9.17) is 29.7 Å². The summed E-state index contributed by atoms with van der Waals surface area (Å²) >= 11 is 10.1. The van der Waals surface area contributed by atoms with Crippen LogP contribution in [-0.4, -0.2) is 15.0 Å².